The quantitative estimate of drug-likeness (QED) is 0.748. The maximum atomic E-state index is 5.63. The molecule has 0 atom stereocenters. The minimum Gasteiger partial charge on any atom is -0.468 e. The molecule has 0 aromatic carbocycles. The predicted octanol–water partition coefficient (Wildman–Crippen LogP) is 2.32. The summed E-state index contributed by atoms with van der Waals surface area (Å²) < 4.78 is 11.0. The maximum Gasteiger partial charge on any atom is 0.123 e. The number of rotatable bonds is 7. The molecule has 1 fully saturated rings. The summed E-state index contributed by atoms with van der Waals surface area (Å²) in [6, 6.07) is 2.00. The molecule has 0 saturated heterocycles. The third kappa shape index (κ3) is 3.36. The van der Waals surface area contributed by atoms with Crippen molar-refractivity contribution in [2.24, 2.45) is 5.92 Å². The van der Waals surface area contributed by atoms with Crippen LogP contribution in [0.4, 0.5) is 0 Å². The molecule has 1 aromatic heterocycles. The summed E-state index contributed by atoms with van der Waals surface area (Å²) in [6.45, 7) is 5.44. The molecular weight excluding hydrogens is 190 g/mol. The van der Waals surface area contributed by atoms with Crippen molar-refractivity contribution < 1.29 is 9.15 Å². The number of furan rings is 1. The monoisotopic (exact) mass is 209 g/mol. The van der Waals surface area contributed by atoms with Crippen molar-refractivity contribution in [3.8, 4) is 0 Å². The van der Waals surface area contributed by atoms with Crippen LogP contribution in [-0.2, 0) is 17.9 Å². The third-order valence-electron chi connectivity index (χ3n) is 2.68. The fourth-order valence-corrected chi connectivity index (χ4v) is 1.51. The second-order valence-electron chi connectivity index (χ2n) is 4.11. The van der Waals surface area contributed by atoms with E-state index >= 15 is 0 Å². The van der Waals surface area contributed by atoms with Crippen LogP contribution < -0.4 is 5.32 Å². The van der Waals surface area contributed by atoms with Crippen LogP contribution >= 0.6 is 0 Å². The van der Waals surface area contributed by atoms with Gasteiger partial charge in [0.25, 0.3) is 0 Å². The van der Waals surface area contributed by atoms with E-state index in [9.17, 15) is 0 Å². The van der Waals surface area contributed by atoms with Gasteiger partial charge in [-0.05, 0) is 31.4 Å². The molecule has 0 unspecified atom stereocenters. The topological polar surface area (TPSA) is 34.4 Å². The lowest BCUT2D eigenvalue weighted by Crippen LogP contribution is -2.12. The van der Waals surface area contributed by atoms with Gasteiger partial charge < -0.3 is 14.5 Å². The van der Waals surface area contributed by atoms with Crippen LogP contribution in [0.5, 0.6) is 0 Å². The fraction of sp³-hybridized carbons (Fsp3) is 0.667. The number of hydrogen-bond donors (Lipinski definition) is 1. The van der Waals surface area contributed by atoms with Crippen LogP contribution in [0.1, 0.15) is 31.1 Å². The molecule has 3 nitrogen and oxygen atoms in total. The molecule has 0 radical (unpaired) electrons. The SMILES string of the molecule is CCNCc1occc1COCC1CC1. The Kier molecular flexibility index (Phi) is 3.80. The first-order valence-electron chi connectivity index (χ1n) is 5.74. The second-order valence-corrected chi connectivity index (χ2v) is 4.11. The lowest BCUT2D eigenvalue weighted by atomic mass is 10.2. The molecule has 0 amide bonds. The van der Waals surface area contributed by atoms with E-state index in [1.165, 1.54) is 18.4 Å². The molecule has 3 heteroatoms. The zero-order chi connectivity index (χ0) is 10.5. The van der Waals surface area contributed by atoms with Crippen molar-refractivity contribution >= 4 is 0 Å². The summed E-state index contributed by atoms with van der Waals surface area (Å²) in [5.74, 6) is 1.83. The minimum atomic E-state index is 0.688. The molecule has 0 spiro atoms. The Labute approximate surface area is 90.8 Å². The molecule has 2 rings (SSSR count). The van der Waals surface area contributed by atoms with Crippen LogP contribution in [0.25, 0.3) is 0 Å². The Balaban J connectivity index is 1.75. The molecule has 1 saturated carbocycles. The van der Waals surface area contributed by atoms with Crippen molar-refractivity contribution in [3.63, 3.8) is 0 Å². The van der Waals surface area contributed by atoms with E-state index in [1.54, 1.807) is 6.26 Å². The molecule has 1 aliphatic carbocycles. The lowest BCUT2D eigenvalue weighted by Gasteiger charge is -2.04. The van der Waals surface area contributed by atoms with E-state index < -0.39 is 0 Å². The fourth-order valence-electron chi connectivity index (χ4n) is 1.51. The van der Waals surface area contributed by atoms with Crippen LogP contribution in [0.3, 0.4) is 0 Å². The van der Waals surface area contributed by atoms with Gasteiger partial charge in [0.15, 0.2) is 0 Å². The van der Waals surface area contributed by atoms with Gasteiger partial charge in [-0.3, -0.25) is 0 Å². The van der Waals surface area contributed by atoms with Crippen molar-refractivity contribution in [1.82, 2.24) is 5.32 Å². The molecule has 1 N–H and O–H groups in total. The van der Waals surface area contributed by atoms with Gasteiger partial charge in [0.05, 0.1) is 19.4 Å². The van der Waals surface area contributed by atoms with Gasteiger partial charge in [0.1, 0.15) is 5.76 Å². The molecule has 84 valence electrons. The Morgan fingerprint density at radius 2 is 2.40 bits per heavy atom. The maximum absolute atomic E-state index is 5.63. The van der Waals surface area contributed by atoms with Crippen molar-refractivity contribution in [3.05, 3.63) is 23.7 Å². The number of nitrogens with one attached hydrogen (secondary N) is 1. The van der Waals surface area contributed by atoms with E-state index in [4.69, 9.17) is 9.15 Å². The van der Waals surface area contributed by atoms with Crippen molar-refractivity contribution in [2.75, 3.05) is 13.2 Å². The number of ether oxygens (including phenoxy) is 1. The van der Waals surface area contributed by atoms with Crippen LogP contribution in [0.15, 0.2) is 16.7 Å². The summed E-state index contributed by atoms with van der Waals surface area (Å²) in [7, 11) is 0. The highest BCUT2D eigenvalue weighted by Crippen LogP contribution is 2.29. The molecule has 1 heterocycles. The first-order chi connectivity index (χ1) is 7.40. The molecule has 1 aliphatic rings. The van der Waals surface area contributed by atoms with Gasteiger partial charge in [-0.2, -0.15) is 0 Å². The summed E-state index contributed by atoms with van der Waals surface area (Å²) in [5.41, 5.74) is 1.18. The molecule has 0 bridgehead atoms. The van der Waals surface area contributed by atoms with E-state index in [1.807, 2.05) is 6.07 Å². The number of hydrogen-bond acceptors (Lipinski definition) is 3. The summed E-state index contributed by atoms with van der Waals surface area (Å²) >= 11 is 0. The highest BCUT2D eigenvalue weighted by molar-refractivity contribution is 5.15. The van der Waals surface area contributed by atoms with Gasteiger partial charge >= 0.3 is 0 Å². The summed E-state index contributed by atoms with van der Waals surface area (Å²) in [5, 5.41) is 3.25. The predicted molar refractivity (Wildman–Crippen MR) is 58.5 cm³/mol. The first kappa shape index (κ1) is 10.7. The molecular formula is C12H19NO2. The average Bonchev–Trinajstić information content (AvgIpc) is 2.95. The van der Waals surface area contributed by atoms with Gasteiger partial charge in [-0.15, -0.1) is 0 Å². The summed E-state index contributed by atoms with van der Waals surface area (Å²) in [6.07, 6.45) is 4.42. The Morgan fingerprint density at radius 3 is 3.13 bits per heavy atom. The first-order valence-corrected chi connectivity index (χ1v) is 5.74. The second kappa shape index (κ2) is 5.33. The molecule has 0 aliphatic heterocycles. The smallest absolute Gasteiger partial charge is 0.123 e. The van der Waals surface area contributed by atoms with Gasteiger partial charge in [0.2, 0.25) is 0 Å². The Morgan fingerprint density at radius 1 is 1.53 bits per heavy atom. The standard InChI is InChI=1S/C12H19NO2/c1-2-13-7-12-11(5-6-15-12)9-14-8-10-3-4-10/h5-6,10,13H,2-4,7-9H2,1H3. The Bertz CT molecular complexity index is 292. The van der Waals surface area contributed by atoms with E-state index in [-0.39, 0.29) is 0 Å². The molecule has 15 heavy (non-hydrogen) atoms. The average molecular weight is 209 g/mol. The zero-order valence-electron chi connectivity index (χ0n) is 9.29. The van der Waals surface area contributed by atoms with Gasteiger partial charge in [-0.25, -0.2) is 0 Å². The largest absolute Gasteiger partial charge is 0.468 e. The Hall–Kier alpha value is -0.800. The highest BCUT2D eigenvalue weighted by atomic mass is 16.5. The van der Waals surface area contributed by atoms with E-state index in [0.717, 1.165) is 31.4 Å². The van der Waals surface area contributed by atoms with Crippen molar-refractivity contribution in [1.29, 1.82) is 0 Å². The van der Waals surface area contributed by atoms with E-state index in [0.29, 0.717) is 6.61 Å². The highest BCUT2D eigenvalue weighted by Gasteiger charge is 2.21. The van der Waals surface area contributed by atoms with Gasteiger partial charge in [-0.1, -0.05) is 6.92 Å². The lowest BCUT2D eigenvalue weighted by molar-refractivity contribution is 0.110. The molecule has 1 aromatic rings. The van der Waals surface area contributed by atoms with Crippen LogP contribution in [0.2, 0.25) is 0 Å². The summed E-state index contributed by atoms with van der Waals surface area (Å²) in [4.78, 5) is 0. The van der Waals surface area contributed by atoms with Gasteiger partial charge in [0, 0.05) is 12.2 Å². The zero-order valence-corrected chi connectivity index (χ0v) is 9.29. The van der Waals surface area contributed by atoms with E-state index in [2.05, 4.69) is 12.2 Å². The van der Waals surface area contributed by atoms with Crippen LogP contribution in [0, 0.1) is 5.92 Å². The minimum absolute atomic E-state index is 0.688. The normalized spacial score (nSPS) is 15.8. The van der Waals surface area contributed by atoms with Crippen molar-refractivity contribution in [2.45, 2.75) is 32.9 Å². The van der Waals surface area contributed by atoms with Crippen LogP contribution in [-0.4, -0.2) is 13.2 Å². The third-order valence-corrected chi connectivity index (χ3v) is 2.68.